The molecule has 11 heteroatoms. The van der Waals surface area contributed by atoms with Crippen molar-refractivity contribution in [1.82, 2.24) is 0 Å². The Balaban J connectivity index is 1.57. The Hall–Kier alpha value is -3.05. The number of esters is 3. The van der Waals surface area contributed by atoms with Crippen molar-refractivity contribution in [2.75, 3.05) is 6.61 Å². The lowest BCUT2D eigenvalue weighted by molar-refractivity contribution is -0.308. The molecule has 5 fully saturated rings. The lowest BCUT2D eigenvalue weighted by Crippen LogP contribution is -2.80. The molecule has 2 heterocycles. The lowest BCUT2D eigenvalue weighted by atomic mass is 9.33. The topological polar surface area (TPSA) is 167 Å². The van der Waals surface area contributed by atoms with E-state index in [1.807, 2.05) is 0 Å². The molecule has 0 unspecified atom stereocenters. The number of fused-ring (bicyclic) bond motifs is 3. The minimum absolute atomic E-state index is 0.0326. The van der Waals surface area contributed by atoms with Crippen molar-refractivity contribution in [3.05, 3.63) is 24.2 Å². The smallest absolute Gasteiger partial charge is 0.315 e. The van der Waals surface area contributed by atoms with Gasteiger partial charge < -0.3 is 28.8 Å². The Morgan fingerprint density at radius 1 is 0.951 bits per heavy atom. The third-order valence-corrected chi connectivity index (χ3v) is 11.7. The summed E-state index contributed by atoms with van der Waals surface area (Å²) in [6.45, 7) is 7.11. The summed E-state index contributed by atoms with van der Waals surface area (Å²) in [5.74, 6) is -6.22. The first-order valence-electron chi connectivity index (χ1n) is 14.1. The molecule has 0 radical (unpaired) electrons. The van der Waals surface area contributed by atoms with Crippen LogP contribution in [0.2, 0.25) is 0 Å². The van der Waals surface area contributed by atoms with Crippen LogP contribution in [0, 0.1) is 39.4 Å². The number of hydrogen-bond acceptors (Lipinski definition) is 11. The zero-order valence-electron chi connectivity index (χ0n) is 23.7. The molecule has 222 valence electrons. The molecule has 0 aromatic carbocycles. The van der Waals surface area contributed by atoms with Crippen LogP contribution in [-0.2, 0) is 38.2 Å². The van der Waals surface area contributed by atoms with Crippen molar-refractivity contribution < 1.29 is 52.8 Å². The monoisotopic (exact) mass is 572 g/mol. The average molecular weight is 573 g/mol. The average Bonchev–Trinajstić information content (AvgIpc) is 3.50. The van der Waals surface area contributed by atoms with Crippen molar-refractivity contribution in [2.24, 2.45) is 39.4 Å². The summed E-state index contributed by atoms with van der Waals surface area (Å²) in [7, 11) is 0. The molecule has 1 aromatic heterocycles. The normalized spacial score (nSPS) is 48.4. The van der Waals surface area contributed by atoms with Crippen LogP contribution in [0.25, 0.3) is 0 Å². The molecule has 6 rings (SSSR count). The van der Waals surface area contributed by atoms with Gasteiger partial charge in [-0.1, -0.05) is 13.8 Å². The Bertz CT molecular complexity index is 1340. The minimum atomic E-state index is -1.47. The van der Waals surface area contributed by atoms with Crippen molar-refractivity contribution in [3.63, 3.8) is 0 Å². The van der Waals surface area contributed by atoms with Gasteiger partial charge in [0, 0.05) is 60.7 Å². The van der Waals surface area contributed by atoms with Crippen molar-refractivity contribution in [1.29, 1.82) is 0 Å². The second-order valence-electron chi connectivity index (χ2n) is 13.4. The molecule has 41 heavy (non-hydrogen) atoms. The van der Waals surface area contributed by atoms with Crippen LogP contribution in [0.1, 0.15) is 65.4 Å². The van der Waals surface area contributed by atoms with Gasteiger partial charge in [-0.2, -0.15) is 0 Å². The van der Waals surface area contributed by atoms with E-state index in [4.69, 9.17) is 18.6 Å². The minimum Gasteiger partial charge on any atom is -0.472 e. The van der Waals surface area contributed by atoms with E-state index in [9.17, 15) is 34.2 Å². The van der Waals surface area contributed by atoms with Crippen LogP contribution < -0.4 is 0 Å². The maximum absolute atomic E-state index is 14.9. The third-order valence-electron chi connectivity index (χ3n) is 11.7. The molecule has 4 aliphatic carbocycles. The summed E-state index contributed by atoms with van der Waals surface area (Å²) in [5, 5.41) is 23.9. The van der Waals surface area contributed by atoms with E-state index in [2.05, 4.69) is 0 Å². The van der Waals surface area contributed by atoms with Gasteiger partial charge in [-0.15, -0.1) is 0 Å². The molecule has 5 aliphatic rings. The van der Waals surface area contributed by atoms with E-state index < -0.39 is 93.4 Å². The number of hydrogen-bond donors (Lipinski definition) is 2. The van der Waals surface area contributed by atoms with Gasteiger partial charge in [0.25, 0.3) is 0 Å². The molecule has 2 N–H and O–H groups in total. The highest BCUT2D eigenvalue weighted by Crippen LogP contribution is 2.75. The van der Waals surface area contributed by atoms with Gasteiger partial charge in [-0.3, -0.25) is 24.0 Å². The van der Waals surface area contributed by atoms with Gasteiger partial charge in [-0.25, -0.2) is 0 Å². The predicted molar refractivity (Wildman–Crippen MR) is 137 cm³/mol. The van der Waals surface area contributed by atoms with E-state index in [1.54, 1.807) is 26.8 Å². The summed E-state index contributed by atoms with van der Waals surface area (Å²) in [6, 6.07) is 1.72. The van der Waals surface area contributed by atoms with Crippen molar-refractivity contribution in [2.45, 2.75) is 84.2 Å². The summed E-state index contributed by atoms with van der Waals surface area (Å²) >= 11 is 0. The Labute approximate surface area is 236 Å². The highest BCUT2D eigenvalue weighted by molar-refractivity contribution is 5.98. The molecular formula is C30H36O11. The van der Waals surface area contributed by atoms with E-state index in [1.165, 1.54) is 26.4 Å². The highest BCUT2D eigenvalue weighted by atomic mass is 16.6. The van der Waals surface area contributed by atoms with Gasteiger partial charge in [0.1, 0.15) is 23.9 Å². The molecule has 11 nitrogen and oxygen atoms in total. The fourth-order valence-electron chi connectivity index (χ4n) is 10.2. The summed E-state index contributed by atoms with van der Waals surface area (Å²) < 4.78 is 22.3. The zero-order valence-corrected chi connectivity index (χ0v) is 23.7. The fourth-order valence-corrected chi connectivity index (χ4v) is 10.2. The van der Waals surface area contributed by atoms with Crippen LogP contribution >= 0.6 is 0 Å². The summed E-state index contributed by atoms with van der Waals surface area (Å²) in [5.41, 5.74) is -4.83. The third kappa shape index (κ3) is 3.24. The summed E-state index contributed by atoms with van der Waals surface area (Å²) in [6.07, 6.45) is -2.12. The maximum atomic E-state index is 14.9. The van der Waals surface area contributed by atoms with Crippen LogP contribution in [0.15, 0.2) is 23.0 Å². The molecule has 0 spiro atoms. The predicted octanol–water partition coefficient (Wildman–Crippen LogP) is 1.72. The second kappa shape index (κ2) is 8.73. The quantitative estimate of drug-likeness (QED) is 0.400. The first kappa shape index (κ1) is 28.1. The fraction of sp³-hybridized carbons (Fsp3) is 0.700. The number of aliphatic hydroxyl groups excluding tert-OH is 2. The lowest BCUT2D eigenvalue weighted by Gasteiger charge is -2.71. The van der Waals surface area contributed by atoms with Gasteiger partial charge in [0.2, 0.25) is 0 Å². The number of ether oxygens (including phenoxy) is 3. The number of ketones is 2. The van der Waals surface area contributed by atoms with Gasteiger partial charge in [-0.05, 0) is 30.9 Å². The molecule has 1 aliphatic heterocycles. The Morgan fingerprint density at radius 3 is 2.24 bits per heavy atom. The number of carbonyl (C=O) groups excluding carboxylic acids is 5. The van der Waals surface area contributed by atoms with Gasteiger partial charge >= 0.3 is 17.9 Å². The maximum Gasteiger partial charge on any atom is 0.315 e. The highest BCUT2D eigenvalue weighted by Gasteiger charge is 2.82. The van der Waals surface area contributed by atoms with E-state index in [0.717, 1.165) is 0 Å². The first-order valence-corrected chi connectivity index (χ1v) is 14.1. The Kier molecular flexibility index (Phi) is 5.98. The van der Waals surface area contributed by atoms with Crippen molar-refractivity contribution >= 4 is 29.5 Å². The number of rotatable bonds is 3. The molecule has 12 atom stereocenters. The van der Waals surface area contributed by atoms with Crippen LogP contribution in [0.5, 0.6) is 0 Å². The molecule has 1 saturated heterocycles. The van der Waals surface area contributed by atoms with E-state index >= 15 is 0 Å². The zero-order chi connectivity index (χ0) is 29.9. The van der Waals surface area contributed by atoms with Crippen LogP contribution in [0.3, 0.4) is 0 Å². The summed E-state index contributed by atoms with van der Waals surface area (Å²) in [4.78, 5) is 66.8. The van der Waals surface area contributed by atoms with Crippen molar-refractivity contribution in [3.8, 4) is 0 Å². The van der Waals surface area contributed by atoms with Gasteiger partial charge in [0.05, 0.1) is 24.7 Å². The Morgan fingerprint density at radius 2 is 1.63 bits per heavy atom. The largest absolute Gasteiger partial charge is 0.472 e. The molecule has 2 bridgehead atoms. The van der Waals surface area contributed by atoms with Crippen LogP contribution in [-0.4, -0.2) is 70.7 Å². The number of carbonyl (C=O) groups is 5. The molecular weight excluding hydrogens is 536 g/mol. The number of furan rings is 1. The number of Topliss-reactive ketones (excluding diaryl/α,β-unsaturated/α-hetero) is 2. The number of aliphatic hydroxyl groups is 2. The standard InChI is InChI=1S/C30H36O11/c1-13(31)40-21-10-20(35)30-12-39-26(37)28(21,4)18(30)9-19(34)29(5)23-17(33)8-16(15-6-7-38-11-15)27(23,3)25(41-14(2)32)22(36)24(29)30/h6-7,11,16,18-21,23-25,34-35H,8-10,12H2,1-5H3/t16-,18-,19+,20-,21+,23+,24-,25-,27-,28+,29-,30+/m0/s1. The van der Waals surface area contributed by atoms with Crippen LogP contribution in [0.4, 0.5) is 0 Å². The SMILES string of the molecule is CC(=O)O[C@@H]1C[C@H](O)[C@@]23COC(=O)[C@]1(C)[C@@H]2C[C@@H](O)[C@@]1(C)[C@@H]2C(=O)C[C@@H](c4ccoc4)[C@]2(C)[C@@H](OC(C)=O)C(=O)[C@@H]13. The van der Waals surface area contributed by atoms with E-state index in [0.29, 0.717) is 5.56 Å². The molecule has 1 aromatic rings. The second-order valence-corrected chi connectivity index (χ2v) is 13.4. The number of cyclic esters (lactones) is 1. The first-order chi connectivity index (χ1) is 19.2. The van der Waals surface area contributed by atoms with E-state index in [-0.39, 0.29) is 31.7 Å². The molecule has 4 saturated carbocycles. The molecule has 0 amide bonds. The van der Waals surface area contributed by atoms with Gasteiger partial charge in [0.15, 0.2) is 11.9 Å².